The molecule has 0 spiro atoms. The molecule has 0 amide bonds. The Bertz CT molecular complexity index is 766. The number of hydrogen-bond donors (Lipinski definition) is 1. The number of benzene rings is 2. The molecule has 0 bridgehead atoms. The van der Waals surface area contributed by atoms with E-state index in [0.717, 1.165) is 12.1 Å². The first-order valence-electron chi connectivity index (χ1n) is 5.22. The monoisotopic (exact) mass is 425 g/mol. The number of hydrogen-bond acceptors (Lipinski definition) is 2. The van der Waals surface area contributed by atoms with Crippen LogP contribution in [0.1, 0.15) is 0 Å². The molecule has 0 radical (unpaired) electrons. The molecule has 3 nitrogen and oxygen atoms in total. The summed E-state index contributed by atoms with van der Waals surface area (Å²) in [5.41, 5.74) is -0.318. The van der Waals surface area contributed by atoms with Crippen LogP contribution < -0.4 is 4.72 Å². The predicted molar refractivity (Wildman–Crippen MR) is 79.0 cm³/mol. The molecule has 0 saturated carbocycles. The van der Waals surface area contributed by atoms with Crippen LogP contribution in [0.4, 0.5) is 14.5 Å². The fraction of sp³-hybridized carbons (Fsp3) is 0. The lowest BCUT2D eigenvalue weighted by Crippen LogP contribution is -2.14. The predicted octanol–water partition coefficient (Wildman–Crippen LogP) is 4.29. The minimum absolute atomic E-state index is 0.0515. The number of nitrogens with one attached hydrogen (secondary N) is 1. The van der Waals surface area contributed by atoms with Crippen LogP contribution in [0.5, 0.6) is 0 Å². The Balaban J connectivity index is 2.41. The van der Waals surface area contributed by atoms with E-state index in [2.05, 4.69) is 36.6 Å². The minimum atomic E-state index is -3.98. The molecule has 106 valence electrons. The molecule has 20 heavy (non-hydrogen) atoms. The van der Waals surface area contributed by atoms with Gasteiger partial charge in [-0.3, -0.25) is 4.72 Å². The highest BCUT2D eigenvalue weighted by molar-refractivity contribution is 9.11. The van der Waals surface area contributed by atoms with Gasteiger partial charge >= 0.3 is 0 Å². The van der Waals surface area contributed by atoms with Gasteiger partial charge in [-0.15, -0.1) is 0 Å². The van der Waals surface area contributed by atoms with Gasteiger partial charge in [0.05, 0.1) is 5.69 Å². The molecule has 8 heteroatoms. The third-order valence-corrected chi connectivity index (χ3v) is 5.19. The lowest BCUT2D eigenvalue weighted by atomic mass is 10.3. The Morgan fingerprint density at radius 3 is 2.30 bits per heavy atom. The van der Waals surface area contributed by atoms with Crippen molar-refractivity contribution < 1.29 is 17.2 Å². The highest BCUT2D eigenvalue weighted by Gasteiger charge is 2.19. The Morgan fingerprint density at radius 1 is 1.00 bits per heavy atom. The van der Waals surface area contributed by atoms with Crippen LogP contribution in [0, 0.1) is 11.6 Å². The smallest absolute Gasteiger partial charge is 0.263 e. The van der Waals surface area contributed by atoms with Gasteiger partial charge in [0, 0.05) is 15.0 Å². The molecular formula is C12H7Br2F2NO2S. The highest BCUT2D eigenvalue weighted by atomic mass is 79.9. The van der Waals surface area contributed by atoms with Crippen LogP contribution in [0.3, 0.4) is 0 Å². The summed E-state index contributed by atoms with van der Waals surface area (Å²) in [5.74, 6) is -1.77. The van der Waals surface area contributed by atoms with Crippen molar-refractivity contribution in [2.45, 2.75) is 4.90 Å². The van der Waals surface area contributed by atoms with E-state index in [-0.39, 0.29) is 10.6 Å². The lowest BCUT2D eigenvalue weighted by Gasteiger charge is -2.10. The second kappa shape index (κ2) is 5.79. The fourth-order valence-electron chi connectivity index (χ4n) is 1.47. The van der Waals surface area contributed by atoms with Crippen LogP contribution >= 0.6 is 31.9 Å². The van der Waals surface area contributed by atoms with Gasteiger partial charge in [0.1, 0.15) is 16.5 Å². The van der Waals surface area contributed by atoms with Gasteiger partial charge in [0.15, 0.2) is 0 Å². The first kappa shape index (κ1) is 15.4. The van der Waals surface area contributed by atoms with E-state index < -0.39 is 21.7 Å². The van der Waals surface area contributed by atoms with Gasteiger partial charge in [-0.2, -0.15) is 0 Å². The quantitative estimate of drug-likeness (QED) is 0.795. The molecule has 2 aromatic rings. The van der Waals surface area contributed by atoms with E-state index in [1.165, 1.54) is 6.07 Å². The minimum Gasteiger partial charge on any atom is -0.277 e. The van der Waals surface area contributed by atoms with Crippen molar-refractivity contribution in [3.05, 3.63) is 57.0 Å². The molecule has 0 aliphatic carbocycles. The number of rotatable bonds is 3. The van der Waals surface area contributed by atoms with Gasteiger partial charge in [-0.05, 0) is 46.3 Å². The second-order valence-corrected chi connectivity index (χ2v) is 7.23. The molecule has 0 fully saturated rings. The second-order valence-electron chi connectivity index (χ2n) is 3.80. The highest BCUT2D eigenvalue weighted by Crippen LogP contribution is 2.28. The normalized spacial score (nSPS) is 11.4. The Hall–Kier alpha value is -0.990. The van der Waals surface area contributed by atoms with E-state index in [4.69, 9.17) is 0 Å². The number of anilines is 1. The van der Waals surface area contributed by atoms with Crippen LogP contribution in [-0.4, -0.2) is 8.42 Å². The topological polar surface area (TPSA) is 46.2 Å². The maximum absolute atomic E-state index is 13.5. The van der Waals surface area contributed by atoms with Crippen LogP contribution in [0.25, 0.3) is 0 Å². The zero-order chi connectivity index (χ0) is 14.9. The van der Waals surface area contributed by atoms with E-state index in [1.807, 2.05) is 0 Å². The molecule has 0 heterocycles. The summed E-state index contributed by atoms with van der Waals surface area (Å²) < 4.78 is 53.7. The maximum Gasteiger partial charge on any atom is 0.263 e. The van der Waals surface area contributed by atoms with E-state index in [1.54, 1.807) is 12.1 Å². The summed E-state index contributed by atoms with van der Waals surface area (Å²) in [6.07, 6.45) is 0. The summed E-state index contributed by atoms with van der Waals surface area (Å²) in [6, 6.07) is 7.05. The molecule has 2 aromatic carbocycles. The molecule has 0 aliphatic heterocycles. The lowest BCUT2D eigenvalue weighted by molar-refractivity contribution is 0.582. The molecule has 0 aliphatic rings. The largest absolute Gasteiger partial charge is 0.277 e. The van der Waals surface area contributed by atoms with Crippen molar-refractivity contribution in [2.75, 3.05) is 4.72 Å². The van der Waals surface area contributed by atoms with Gasteiger partial charge in [0.2, 0.25) is 0 Å². The molecular weight excluding hydrogens is 420 g/mol. The third kappa shape index (κ3) is 3.36. The van der Waals surface area contributed by atoms with Crippen molar-refractivity contribution in [1.29, 1.82) is 0 Å². The molecule has 0 atom stereocenters. The molecule has 0 saturated heterocycles. The van der Waals surface area contributed by atoms with Gasteiger partial charge < -0.3 is 0 Å². The van der Waals surface area contributed by atoms with Crippen LogP contribution in [-0.2, 0) is 10.0 Å². The van der Waals surface area contributed by atoms with E-state index >= 15 is 0 Å². The number of halogens is 4. The molecule has 2 rings (SSSR count). The van der Waals surface area contributed by atoms with Crippen molar-refractivity contribution in [3.8, 4) is 0 Å². The van der Waals surface area contributed by atoms with Crippen LogP contribution in [0.15, 0.2) is 50.2 Å². The Morgan fingerprint density at radius 2 is 1.70 bits per heavy atom. The van der Waals surface area contributed by atoms with Gasteiger partial charge in [-0.1, -0.05) is 15.9 Å². The zero-order valence-corrected chi connectivity index (χ0v) is 13.7. The van der Waals surface area contributed by atoms with E-state index in [0.29, 0.717) is 15.0 Å². The summed E-state index contributed by atoms with van der Waals surface area (Å²) in [4.78, 5) is -0.0515. The third-order valence-electron chi connectivity index (χ3n) is 2.36. The van der Waals surface area contributed by atoms with Crippen LogP contribution in [0.2, 0.25) is 0 Å². The fourth-order valence-corrected chi connectivity index (χ4v) is 4.28. The van der Waals surface area contributed by atoms with E-state index in [9.17, 15) is 17.2 Å². The van der Waals surface area contributed by atoms with Crippen molar-refractivity contribution in [2.24, 2.45) is 0 Å². The zero-order valence-electron chi connectivity index (χ0n) is 9.70. The Kier molecular flexibility index (Phi) is 4.46. The average Bonchev–Trinajstić information content (AvgIpc) is 2.32. The Labute approximate surface area is 131 Å². The first-order valence-corrected chi connectivity index (χ1v) is 8.29. The summed E-state index contributed by atoms with van der Waals surface area (Å²) in [6.45, 7) is 0. The average molecular weight is 427 g/mol. The van der Waals surface area contributed by atoms with Crippen molar-refractivity contribution in [3.63, 3.8) is 0 Å². The SMILES string of the molecule is O=S(=O)(Nc1ccc(F)cc1F)c1ccc(Br)cc1Br. The molecule has 0 unspecified atom stereocenters. The van der Waals surface area contributed by atoms with Crippen molar-refractivity contribution >= 4 is 47.6 Å². The molecule has 0 aromatic heterocycles. The summed E-state index contributed by atoms with van der Waals surface area (Å²) in [7, 11) is -3.98. The van der Waals surface area contributed by atoms with Crippen molar-refractivity contribution in [1.82, 2.24) is 0 Å². The molecule has 1 N–H and O–H groups in total. The summed E-state index contributed by atoms with van der Waals surface area (Å²) in [5, 5.41) is 0. The van der Waals surface area contributed by atoms with Gasteiger partial charge in [0.25, 0.3) is 10.0 Å². The maximum atomic E-state index is 13.5. The standard InChI is InChI=1S/C12H7Br2F2NO2S/c13-7-1-4-12(9(14)5-7)20(18,19)17-11-3-2-8(15)6-10(11)16/h1-6,17H. The first-order chi connectivity index (χ1) is 9.29. The summed E-state index contributed by atoms with van der Waals surface area (Å²) >= 11 is 6.33. The number of sulfonamides is 1. The van der Waals surface area contributed by atoms with Gasteiger partial charge in [-0.25, -0.2) is 17.2 Å².